The van der Waals surface area contributed by atoms with E-state index < -0.39 is 5.54 Å². The Morgan fingerprint density at radius 3 is 2.53 bits per heavy atom. The van der Waals surface area contributed by atoms with Crippen molar-refractivity contribution in [3.63, 3.8) is 0 Å². The average molecular weight is 240 g/mol. The van der Waals surface area contributed by atoms with Gasteiger partial charge >= 0.3 is 0 Å². The van der Waals surface area contributed by atoms with Gasteiger partial charge in [-0.3, -0.25) is 0 Å². The minimum Gasteiger partial charge on any atom is -0.394 e. The summed E-state index contributed by atoms with van der Waals surface area (Å²) in [6, 6.07) is 1.79. The normalized spacial score (nSPS) is 11.4. The van der Waals surface area contributed by atoms with Gasteiger partial charge in [0.2, 0.25) is 0 Å². The molecule has 17 heavy (non-hydrogen) atoms. The Kier molecular flexibility index (Phi) is 4.65. The third-order valence-corrected chi connectivity index (χ3v) is 2.16. The predicted molar refractivity (Wildman–Crippen MR) is 67.1 cm³/mol. The first-order valence-electron chi connectivity index (χ1n) is 5.44. The predicted octanol–water partition coefficient (Wildman–Crippen LogP) is 0.847. The Morgan fingerprint density at radius 2 is 2.00 bits per heavy atom. The second-order valence-electron chi connectivity index (χ2n) is 4.40. The molecule has 0 unspecified atom stereocenters. The van der Waals surface area contributed by atoms with Crippen LogP contribution >= 0.6 is 0 Å². The quantitative estimate of drug-likeness (QED) is 0.684. The Hall–Kier alpha value is -1.40. The van der Waals surface area contributed by atoms with E-state index in [4.69, 9.17) is 4.74 Å². The van der Waals surface area contributed by atoms with Crippen LogP contribution < -0.4 is 10.6 Å². The average Bonchev–Trinajstić information content (AvgIpc) is 2.28. The molecule has 1 aromatic rings. The monoisotopic (exact) mass is 240 g/mol. The first kappa shape index (κ1) is 13.7. The molecule has 6 nitrogen and oxygen atoms in total. The lowest BCUT2D eigenvalue weighted by Crippen LogP contribution is -2.35. The van der Waals surface area contributed by atoms with Crippen LogP contribution in [-0.4, -0.2) is 41.4 Å². The highest BCUT2D eigenvalue weighted by Gasteiger charge is 2.17. The molecule has 1 aromatic heterocycles. The lowest BCUT2D eigenvalue weighted by molar-refractivity contribution is 0.178. The van der Waals surface area contributed by atoms with E-state index in [1.54, 1.807) is 20.2 Å². The van der Waals surface area contributed by atoms with Gasteiger partial charge in [-0.05, 0) is 13.8 Å². The largest absolute Gasteiger partial charge is 0.394 e. The molecule has 96 valence electrons. The van der Waals surface area contributed by atoms with E-state index >= 15 is 0 Å². The fourth-order valence-corrected chi connectivity index (χ4v) is 1.27. The van der Waals surface area contributed by atoms with Crippen molar-refractivity contribution in [2.45, 2.75) is 26.0 Å². The maximum atomic E-state index is 9.21. The van der Waals surface area contributed by atoms with Crippen LogP contribution in [0.2, 0.25) is 0 Å². The summed E-state index contributed by atoms with van der Waals surface area (Å²) < 4.78 is 5.01. The van der Waals surface area contributed by atoms with Crippen LogP contribution in [-0.2, 0) is 11.3 Å². The number of aliphatic hydroxyl groups is 1. The molecular weight excluding hydrogens is 220 g/mol. The molecule has 0 aromatic carbocycles. The standard InChI is InChI=1S/C11H20N4O2/c1-11(2,7-16)15-9-5-8(12-3)13-10(14-9)6-17-4/h5,16H,6-7H2,1-4H3,(H2,12,13,14,15). The Labute approximate surface area is 101 Å². The van der Waals surface area contributed by atoms with Crippen LogP contribution in [0, 0.1) is 0 Å². The van der Waals surface area contributed by atoms with Gasteiger partial charge in [0.1, 0.15) is 18.2 Å². The summed E-state index contributed by atoms with van der Waals surface area (Å²) in [7, 11) is 3.39. The van der Waals surface area contributed by atoms with Crippen molar-refractivity contribution in [2.75, 3.05) is 31.4 Å². The third-order valence-electron chi connectivity index (χ3n) is 2.16. The zero-order valence-corrected chi connectivity index (χ0v) is 10.7. The molecule has 0 saturated carbocycles. The highest BCUT2D eigenvalue weighted by molar-refractivity contribution is 5.48. The van der Waals surface area contributed by atoms with E-state index in [1.165, 1.54) is 0 Å². The lowest BCUT2D eigenvalue weighted by Gasteiger charge is -2.24. The summed E-state index contributed by atoms with van der Waals surface area (Å²) >= 11 is 0. The van der Waals surface area contributed by atoms with Crippen LogP contribution in [0.25, 0.3) is 0 Å². The number of nitrogens with zero attached hydrogens (tertiary/aromatic N) is 2. The van der Waals surface area contributed by atoms with E-state index in [9.17, 15) is 5.11 Å². The molecule has 0 amide bonds. The lowest BCUT2D eigenvalue weighted by atomic mass is 10.1. The molecule has 0 aliphatic carbocycles. The van der Waals surface area contributed by atoms with Gasteiger partial charge < -0.3 is 20.5 Å². The van der Waals surface area contributed by atoms with Crippen molar-refractivity contribution in [2.24, 2.45) is 0 Å². The topological polar surface area (TPSA) is 79.3 Å². The van der Waals surface area contributed by atoms with Crippen LogP contribution in [0.15, 0.2) is 6.07 Å². The number of hydrogen-bond donors (Lipinski definition) is 3. The summed E-state index contributed by atoms with van der Waals surface area (Å²) in [6.45, 7) is 4.16. The maximum Gasteiger partial charge on any atom is 0.158 e. The zero-order valence-electron chi connectivity index (χ0n) is 10.7. The number of ether oxygens (including phenoxy) is 1. The van der Waals surface area contributed by atoms with E-state index in [0.717, 1.165) is 0 Å². The molecule has 0 aliphatic rings. The van der Waals surface area contributed by atoms with Crippen molar-refractivity contribution < 1.29 is 9.84 Å². The second kappa shape index (κ2) is 5.79. The van der Waals surface area contributed by atoms with Crippen molar-refractivity contribution in [3.05, 3.63) is 11.9 Å². The molecule has 0 radical (unpaired) electrons. The third kappa shape index (κ3) is 4.16. The molecule has 0 fully saturated rings. The van der Waals surface area contributed by atoms with Crippen LogP contribution in [0.4, 0.5) is 11.6 Å². The fourth-order valence-electron chi connectivity index (χ4n) is 1.27. The van der Waals surface area contributed by atoms with Crippen LogP contribution in [0.3, 0.4) is 0 Å². The number of nitrogens with one attached hydrogen (secondary N) is 2. The summed E-state index contributed by atoms with van der Waals surface area (Å²) in [4.78, 5) is 8.55. The van der Waals surface area contributed by atoms with Crippen LogP contribution in [0.1, 0.15) is 19.7 Å². The molecule has 0 aliphatic heterocycles. The Balaban J connectivity index is 2.94. The highest BCUT2D eigenvalue weighted by Crippen LogP contribution is 2.16. The summed E-state index contributed by atoms with van der Waals surface area (Å²) in [6.07, 6.45) is 0. The summed E-state index contributed by atoms with van der Waals surface area (Å²) in [5.41, 5.74) is -0.427. The van der Waals surface area contributed by atoms with Gasteiger partial charge in [-0.1, -0.05) is 0 Å². The fraction of sp³-hybridized carbons (Fsp3) is 0.636. The van der Waals surface area contributed by atoms with E-state index in [0.29, 0.717) is 24.1 Å². The van der Waals surface area contributed by atoms with Crippen LogP contribution in [0.5, 0.6) is 0 Å². The molecular formula is C11H20N4O2. The van der Waals surface area contributed by atoms with Crippen molar-refractivity contribution in [1.82, 2.24) is 9.97 Å². The SMILES string of the molecule is CNc1cc(NC(C)(C)CO)nc(COC)n1. The van der Waals surface area contributed by atoms with Gasteiger partial charge in [0, 0.05) is 20.2 Å². The van der Waals surface area contributed by atoms with Gasteiger partial charge in [-0.15, -0.1) is 0 Å². The Bertz CT molecular complexity index is 368. The smallest absolute Gasteiger partial charge is 0.158 e. The molecule has 1 heterocycles. The maximum absolute atomic E-state index is 9.21. The van der Waals surface area contributed by atoms with Gasteiger partial charge in [0.25, 0.3) is 0 Å². The minimum atomic E-state index is -0.427. The Morgan fingerprint density at radius 1 is 1.35 bits per heavy atom. The molecule has 0 saturated heterocycles. The van der Waals surface area contributed by atoms with Crippen molar-refractivity contribution >= 4 is 11.6 Å². The van der Waals surface area contributed by atoms with Crippen molar-refractivity contribution in [1.29, 1.82) is 0 Å². The van der Waals surface area contributed by atoms with Gasteiger partial charge in [0.05, 0.1) is 12.1 Å². The number of methoxy groups -OCH3 is 1. The number of anilines is 2. The first-order chi connectivity index (χ1) is 8.00. The molecule has 0 atom stereocenters. The van der Waals surface area contributed by atoms with E-state index in [-0.39, 0.29) is 6.61 Å². The number of rotatable bonds is 6. The van der Waals surface area contributed by atoms with Gasteiger partial charge in [-0.25, -0.2) is 9.97 Å². The summed E-state index contributed by atoms with van der Waals surface area (Å²) in [5.74, 6) is 1.97. The zero-order chi connectivity index (χ0) is 12.9. The minimum absolute atomic E-state index is 0.0193. The van der Waals surface area contributed by atoms with Gasteiger partial charge in [0.15, 0.2) is 5.82 Å². The number of aromatic nitrogens is 2. The number of hydrogen-bond acceptors (Lipinski definition) is 6. The summed E-state index contributed by atoms with van der Waals surface area (Å²) in [5, 5.41) is 15.3. The van der Waals surface area contributed by atoms with E-state index in [2.05, 4.69) is 20.6 Å². The number of aliphatic hydroxyl groups excluding tert-OH is 1. The molecule has 6 heteroatoms. The molecule has 1 rings (SSSR count). The molecule has 0 bridgehead atoms. The highest BCUT2D eigenvalue weighted by atomic mass is 16.5. The van der Waals surface area contributed by atoms with E-state index in [1.807, 2.05) is 13.8 Å². The molecule has 3 N–H and O–H groups in total. The second-order valence-corrected chi connectivity index (χ2v) is 4.40. The first-order valence-corrected chi connectivity index (χ1v) is 5.44. The molecule has 0 spiro atoms. The van der Waals surface area contributed by atoms with Crippen molar-refractivity contribution in [3.8, 4) is 0 Å². The van der Waals surface area contributed by atoms with Gasteiger partial charge in [-0.2, -0.15) is 0 Å².